The van der Waals surface area contributed by atoms with E-state index in [-0.39, 0.29) is 23.8 Å². The molecule has 0 radical (unpaired) electrons. The Kier molecular flexibility index (Phi) is 5.78. The molecule has 2 unspecified atom stereocenters. The number of carbonyl (C=O) groups excluding carboxylic acids is 2. The summed E-state index contributed by atoms with van der Waals surface area (Å²) < 4.78 is 3.57. The molecule has 0 aromatic carbocycles. The first kappa shape index (κ1) is 23.9. The fraction of sp³-hybridized carbons (Fsp3) is 0.621. The van der Waals surface area contributed by atoms with Crippen LogP contribution in [0.2, 0.25) is 0 Å². The summed E-state index contributed by atoms with van der Waals surface area (Å²) in [4.78, 5) is 30.6. The highest BCUT2D eigenvalue weighted by molar-refractivity contribution is 5.92. The van der Waals surface area contributed by atoms with Crippen molar-refractivity contribution in [2.75, 3.05) is 6.54 Å². The van der Waals surface area contributed by atoms with Crippen LogP contribution < -0.4 is 10.6 Å². The Morgan fingerprint density at radius 1 is 1.16 bits per heavy atom. The van der Waals surface area contributed by atoms with Gasteiger partial charge in [-0.3, -0.25) is 14.3 Å². The van der Waals surface area contributed by atoms with Crippen molar-refractivity contribution in [3.8, 4) is 0 Å². The van der Waals surface area contributed by atoms with Gasteiger partial charge in [0, 0.05) is 31.6 Å². The van der Waals surface area contributed by atoms with Crippen LogP contribution in [0.1, 0.15) is 86.2 Å². The maximum atomic E-state index is 13.4. The standard InChI is InChI=1S/C29H37N7O2/c1-2-35-24(11-13-31-35)28(38)33-26(19-15-29(16-19,20-5-6-20)21-7-8-21)23-17-36-25(32-23)10-9-22(34-36)14-18-4-3-12-30-27(18)37/h9-11,13,17-21,26H,2-8,12,14-16H2,1H3,(H,30,37)(H,33,38). The van der Waals surface area contributed by atoms with E-state index in [9.17, 15) is 9.59 Å². The molecule has 4 heterocycles. The van der Waals surface area contributed by atoms with Gasteiger partial charge < -0.3 is 10.6 Å². The van der Waals surface area contributed by atoms with Crippen LogP contribution in [0.25, 0.3) is 5.65 Å². The summed E-state index contributed by atoms with van der Waals surface area (Å²) >= 11 is 0. The average molecular weight is 516 g/mol. The number of hydrogen-bond acceptors (Lipinski definition) is 5. The summed E-state index contributed by atoms with van der Waals surface area (Å²) in [6.07, 6.45) is 14.0. The summed E-state index contributed by atoms with van der Waals surface area (Å²) in [7, 11) is 0. The van der Waals surface area contributed by atoms with Crippen LogP contribution in [0.5, 0.6) is 0 Å². The van der Waals surface area contributed by atoms with E-state index in [0.29, 0.717) is 30.0 Å². The number of piperidine rings is 1. The van der Waals surface area contributed by atoms with Crippen molar-refractivity contribution in [2.24, 2.45) is 29.1 Å². The molecule has 2 N–H and O–H groups in total. The molecule has 2 atom stereocenters. The molecule has 4 aliphatic rings. The van der Waals surface area contributed by atoms with Gasteiger partial charge in [-0.05, 0) is 99.7 Å². The molecular formula is C29H37N7O2. The third kappa shape index (κ3) is 4.20. The molecule has 1 aliphatic heterocycles. The Morgan fingerprint density at radius 3 is 2.66 bits per heavy atom. The molecule has 4 fully saturated rings. The third-order valence-electron chi connectivity index (χ3n) is 9.64. The number of aryl methyl sites for hydroxylation is 1. The highest BCUT2D eigenvalue weighted by atomic mass is 16.2. The normalized spacial score (nSPS) is 24.1. The number of rotatable bonds is 9. The molecular weight excluding hydrogens is 478 g/mol. The number of nitrogens with zero attached hydrogens (tertiary/aromatic N) is 5. The molecule has 2 amide bonds. The third-order valence-corrected chi connectivity index (χ3v) is 9.64. The van der Waals surface area contributed by atoms with Crippen molar-refractivity contribution in [1.29, 1.82) is 0 Å². The van der Waals surface area contributed by atoms with Crippen molar-refractivity contribution < 1.29 is 9.59 Å². The van der Waals surface area contributed by atoms with Crippen molar-refractivity contribution in [3.63, 3.8) is 0 Å². The average Bonchev–Trinajstić information content (AvgIpc) is 3.83. The Hall–Kier alpha value is -3.23. The number of carbonyl (C=O) groups is 2. The van der Waals surface area contributed by atoms with Crippen molar-refractivity contribution in [3.05, 3.63) is 47.7 Å². The number of imidazole rings is 1. The second-order valence-electron chi connectivity index (χ2n) is 12.1. The number of amides is 2. The fourth-order valence-electron chi connectivity index (χ4n) is 7.38. The summed E-state index contributed by atoms with van der Waals surface area (Å²) in [6.45, 7) is 3.41. The van der Waals surface area contributed by atoms with Gasteiger partial charge >= 0.3 is 0 Å². The van der Waals surface area contributed by atoms with Gasteiger partial charge in [0.2, 0.25) is 5.91 Å². The number of hydrogen-bond donors (Lipinski definition) is 2. The fourth-order valence-corrected chi connectivity index (χ4v) is 7.38. The van der Waals surface area contributed by atoms with Gasteiger partial charge in [0.15, 0.2) is 5.65 Å². The van der Waals surface area contributed by atoms with Crippen LogP contribution in [0.4, 0.5) is 0 Å². The Morgan fingerprint density at radius 2 is 1.95 bits per heavy atom. The molecule has 3 saturated carbocycles. The molecule has 9 nitrogen and oxygen atoms in total. The maximum Gasteiger partial charge on any atom is 0.270 e. The van der Waals surface area contributed by atoms with Gasteiger partial charge in [-0.25, -0.2) is 9.50 Å². The Labute approximate surface area is 222 Å². The quantitative estimate of drug-likeness (QED) is 0.452. The van der Waals surface area contributed by atoms with Crippen molar-refractivity contribution in [1.82, 2.24) is 35.0 Å². The molecule has 38 heavy (non-hydrogen) atoms. The SMILES string of the molecule is CCn1nccc1C(=O)NC(c1cn2nc(CC3CCCNC3=O)ccc2n1)C1CC(C2CC2)(C2CC2)C1. The van der Waals surface area contributed by atoms with E-state index in [0.717, 1.165) is 48.3 Å². The van der Waals surface area contributed by atoms with Crippen LogP contribution in [-0.2, 0) is 17.8 Å². The smallest absolute Gasteiger partial charge is 0.270 e. The minimum absolute atomic E-state index is 0.0277. The highest BCUT2D eigenvalue weighted by Crippen LogP contribution is 2.70. The summed E-state index contributed by atoms with van der Waals surface area (Å²) in [5, 5.41) is 15.4. The molecule has 9 heteroatoms. The molecule has 3 aromatic heterocycles. The highest BCUT2D eigenvalue weighted by Gasteiger charge is 2.61. The lowest BCUT2D eigenvalue weighted by Crippen LogP contribution is -2.48. The predicted octanol–water partition coefficient (Wildman–Crippen LogP) is 3.70. The van der Waals surface area contributed by atoms with Crippen LogP contribution >= 0.6 is 0 Å². The minimum atomic E-state index is -0.164. The van der Waals surface area contributed by atoms with E-state index in [1.54, 1.807) is 16.9 Å². The lowest BCUT2D eigenvalue weighted by atomic mass is 9.54. The van der Waals surface area contributed by atoms with E-state index < -0.39 is 0 Å². The second kappa shape index (κ2) is 9.20. The molecule has 0 spiro atoms. The van der Waals surface area contributed by atoms with E-state index in [2.05, 4.69) is 15.7 Å². The largest absolute Gasteiger partial charge is 0.356 e. The Bertz CT molecular complexity index is 1350. The van der Waals surface area contributed by atoms with E-state index in [4.69, 9.17) is 10.1 Å². The predicted molar refractivity (Wildman–Crippen MR) is 141 cm³/mol. The van der Waals surface area contributed by atoms with Crippen molar-refractivity contribution in [2.45, 2.75) is 77.3 Å². The lowest BCUT2D eigenvalue weighted by molar-refractivity contribution is -0.126. The lowest BCUT2D eigenvalue weighted by Gasteiger charge is -2.52. The van der Waals surface area contributed by atoms with Crippen LogP contribution in [-0.4, -0.2) is 42.7 Å². The molecule has 0 bridgehead atoms. The summed E-state index contributed by atoms with van der Waals surface area (Å²) in [5.41, 5.74) is 3.60. The minimum Gasteiger partial charge on any atom is -0.356 e. The topological polar surface area (TPSA) is 106 Å². The van der Waals surface area contributed by atoms with E-state index in [1.165, 1.54) is 38.5 Å². The molecule has 3 aromatic rings. The van der Waals surface area contributed by atoms with Gasteiger partial charge in [0.25, 0.3) is 5.91 Å². The van der Waals surface area contributed by atoms with Crippen molar-refractivity contribution >= 4 is 17.5 Å². The number of fused-ring (bicyclic) bond motifs is 1. The van der Waals surface area contributed by atoms with Gasteiger partial charge in [-0.2, -0.15) is 10.2 Å². The van der Waals surface area contributed by atoms with Crippen LogP contribution in [0.15, 0.2) is 30.6 Å². The van der Waals surface area contributed by atoms with Gasteiger partial charge in [0.05, 0.1) is 23.6 Å². The van der Waals surface area contributed by atoms with Crippen LogP contribution in [0, 0.1) is 29.1 Å². The van der Waals surface area contributed by atoms with Gasteiger partial charge in [-0.15, -0.1) is 0 Å². The maximum absolute atomic E-state index is 13.4. The van der Waals surface area contributed by atoms with Gasteiger partial charge in [-0.1, -0.05) is 0 Å². The number of aromatic nitrogens is 5. The zero-order valence-electron chi connectivity index (χ0n) is 22.1. The number of nitrogens with one attached hydrogen (secondary N) is 2. The van der Waals surface area contributed by atoms with Crippen LogP contribution in [0.3, 0.4) is 0 Å². The summed E-state index contributed by atoms with van der Waals surface area (Å²) in [5.74, 6) is 2.13. The zero-order chi connectivity index (χ0) is 25.9. The molecule has 7 rings (SSSR count). The summed E-state index contributed by atoms with van der Waals surface area (Å²) in [6, 6.07) is 5.59. The Balaban J connectivity index is 1.16. The monoisotopic (exact) mass is 515 g/mol. The van der Waals surface area contributed by atoms with E-state index in [1.807, 2.05) is 29.8 Å². The first-order valence-electron chi connectivity index (χ1n) is 14.5. The molecule has 200 valence electrons. The second-order valence-corrected chi connectivity index (χ2v) is 12.1. The first-order chi connectivity index (χ1) is 18.5. The van der Waals surface area contributed by atoms with E-state index >= 15 is 0 Å². The zero-order valence-corrected chi connectivity index (χ0v) is 22.1. The van der Waals surface area contributed by atoms with Gasteiger partial charge in [0.1, 0.15) is 5.69 Å². The first-order valence-corrected chi connectivity index (χ1v) is 14.5. The molecule has 3 aliphatic carbocycles. The molecule has 1 saturated heterocycles.